The summed E-state index contributed by atoms with van der Waals surface area (Å²) in [4.78, 5) is 12.7. The summed E-state index contributed by atoms with van der Waals surface area (Å²) in [6.07, 6.45) is -0.609. The fourth-order valence-corrected chi connectivity index (χ4v) is 3.93. The molecule has 0 heterocycles. The maximum atomic E-state index is 12.6. The smallest absolute Gasteiger partial charge is 0.322 e. The number of carbonyl (C=O) groups excluding carboxylic acids is 1. The van der Waals surface area contributed by atoms with Gasteiger partial charge >= 0.3 is 5.97 Å². The first kappa shape index (κ1) is 19.8. The second kappa shape index (κ2) is 8.82. The molecule has 0 saturated heterocycles. The second-order valence-electron chi connectivity index (χ2n) is 6.27. The lowest BCUT2D eigenvalue weighted by Gasteiger charge is -2.21. The van der Waals surface area contributed by atoms with Crippen molar-refractivity contribution in [3.05, 3.63) is 102 Å². The van der Waals surface area contributed by atoms with Gasteiger partial charge in [0.25, 0.3) is 0 Å². The normalized spacial score (nSPS) is 11.5. The third kappa shape index (κ3) is 4.65. The zero-order valence-electron chi connectivity index (χ0n) is 15.4. The van der Waals surface area contributed by atoms with E-state index in [1.165, 1.54) is 19.2 Å². The fraction of sp³-hybridized carbons (Fsp3) is 0.136. The number of benzene rings is 3. The molecular weight excluding hydrogens is 374 g/mol. The van der Waals surface area contributed by atoms with Crippen LogP contribution in [0.5, 0.6) is 0 Å². The van der Waals surface area contributed by atoms with Crippen molar-refractivity contribution in [3.63, 3.8) is 0 Å². The molecule has 0 unspecified atom stereocenters. The highest BCUT2D eigenvalue weighted by Crippen LogP contribution is 2.26. The molecule has 3 aromatic carbocycles. The van der Waals surface area contributed by atoms with Gasteiger partial charge in [-0.05, 0) is 23.3 Å². The quantitative estimate of drug-likeness (QED) is 0.573. The van der Waals surface area contributed by atoms with Gasteiger partial charge in [-0.25, -0.2) is 8.42 Å². The Bertz CT molecular complexity index is 967. The van der Waals surface area contributed by atoms with Crippen LogP contribution in [0.3, 0.4) is 0 Å². The number of sulfonamides is 1. The Hall–Kier alpha value is -2.96. The molecule has 0 bridgehead atoms. The summed E-state index contributed by atoms with van der Waals surface area (Å²) in [6, 6.07) is 26.7. The lowest BCUT2D eigenvalue weighted by atomic mass is 10.0. The van der Waals surface area contributed by atoms with Crippen LogP contribution in [0.1, 0.15) is 17.2 Å². The van der Waals surface area contributed by atoms with E-state index < -0.39 is 22.1 Å². The SMILES string of the molecule is CN(CC(=O)OC(c1ccccc1)c1ccccc1)S(=O)(=O)c1ccccc1. The molecular formula is C22H21NO4S. The van der Waals surface area contributed by atoms with Crippen LogP contribution in [0, 0.1) is 0 Å². The van der Waals surface area contributed by atoms with Gasteiger partial charge in [-0.15, -0.1) is 0 Å². The Morgan fingerprint density at radius 3 is 1.71 bits per heavy atom. The first-order chi connectivity index (χ1) is 13.5. The van der Waals surface area contributed by atoms with Crippen molar-refractivity contribution in [1.29, 1.82) is 0 Å². The number of ether oxygens (including phenoxy) is 1. The third-order valence-corrected chi connectivity index (χ3v) is 6.07. The van der Waals surface area contributed by atoms with E-state index in [1.54, 1.807) is 18.2 Å². The first-order valence-electron chi connectivity index (χ1n) is 8.79. The Morgan fingerprint density at radius 2 is 1.25 bits per heavy atom. The molecule has 0 fully saturated rings. The zero-order valence-corrected chi connectivity index (χ0v) is 16.2. The summed E-state index contributed by atoms with van der Waals surface area (Å²) in [5, 5.41) is 0. The molecule has 0 aliphatic carbocycles. The molecule has 0 N–H and O–H groups in total. The molecule has 0 aromatic heterocycles. The summed E-state index contributed by atoms with van der Waals surface area (Å²) >= 11 is 0. The van der Waals surface area contributed by atoms with Crippen LogP contribution < -0.4 is 0 Å². The van der Waals surface area contributed by atoms with Crippen LogP contribution in [0.25, 0.3) is 0 Å². The molecule has 5 nitrogen and oxygen atoms in total. The third-order valence-electron chi connectivity index (χ3n) is 4.26. The van der Waals surface area contributed by atoms with E-state index in [0.717, 1.165) is 15.4 Å². The summed E-state index contributed by atoms with van der Waals surface area (Å²) in [6.45, 7) is -0.382. The van der Waals surface area contributed by atoms with Gasteiger partial charge in [-0.3, -0.25) is 4.79 Å². The summed E-state index contributed by atoms with van der Waals surface area (Å²) in [7, 11) is -2.40. The molecule has 144 valence electrons. The van der Waals surface area contributed by atoms with E-state index in [4.69, 9.17) is 4.74 Å². The van der Waals surface area contributed by atoms with Crippen molar-refractivity contribution in [1.82, 2.24) is 4.31 Å². The number of carbonyl (C=O) groups is 1. The van der Waals surface area contributed by atoms with Gasteiger partial charge in [0.1, 0.15) is 6.54 Å². The molecule has 0 atom stereocenters. The first-order valence-corrected chi connectivity index (χ1v) is 10.2. The minimum Gasteiger partial charge on any atom is -0.452 e. The highest BCUT2D eigenvalue weighted by molar-refractivity contribution is 7.89. The molecule has 0 spiro atoms. The monoisotopic (exact) mass is 395 g/mol. The van der Waals surface area contributed by atoms with E-state index in [-0.39, 0.29) is 11.4 Å². The minimum absolute atomic E-state index is 0.132. The Morgan fingerprint density at radius 1 is 0.821 bits per heavy atom. The van der Waals surface area contributed by atoms with Crippen LogP contribution in [-0.2, 0) is 19.6 Å². The van der Waals surface area contributed by atoms with Crippen LogP contribution in [-0.4, -0.2) is 32.3 Å². The summed E-state index contributed by atoms with van der Waals surface area (Å²) in [5.74, 6) is -0.625. The van der Waals surface area contributed by atoms with Gasteiger partial charge in [0.15, 0.2) is 6.10 Å². The van der Waals surface area contributed by atoms with Gasteiger partial charge in [0.05, 0.1) is 4.90 Å². The zero-order chi connectivity index (χ0) is 20.0. The van der Waals surface area contributed by atoms with Crippen molar-refractivity contribution in [2.45, 2.75) is 11.0 Å². The molecule has 6 heteroatoms. The van der Waals surface area contributed by atoms with Crippen LogP contribution in [0.15, 0.2) is 95.9 Å². The highest BCUT2D eigenvalue weighted by Gasteiger charge is 2.25. The Kier molecular flexibility index (Phi) is 6.23. The summed E-state index contributed by atoms with van der Waals surface area (Å²) in [5.41, 5.74) is 1.63. The summed E-state index contributed by atoms with van der Waals surface area (Å²) < 4.78 is 31.9. The van der Waals surface area contributed by atoms with Gasteiger partial charge in [-0.1, -0.05) is 78.9 Å². The number of rotatable bonds is 7. The predicted molar refractivity (Wildman–Crippen MR) is 107 cm³/mol. The predicted octanol–water partition coefficient (Wildman–Crippen LogP) is 3.64. The number of esters is 1. The van der Waals surface area contributed by atoms with E-state index >= 15 is 0 Å². The Labute approximate surface area is 165 Å². The fourth-order valence-electron chi connectivity index (χ4n) is 2.79. The molecule has 0 saturated carbocycles. The van der Waals surface area contributed by atoms with Crippen LogP contribution >= 0.6 is 0 Å². The number of hydrogen-bond donors (Lipinski definition) is 0. The van der Waals surface area contributed by atoms with Gasteiger partial charge in [0.2, 0.25) is 10.0 Å². The lowest BCUT2D eigenvalue weighted by molar-refractivity contribution is -0.147. The van der Waals surface area contributed by atoms with Gasteiger partial charge in [0, 0.05) is 7.05 Å². The van der Waals surface area contributed by atoms with Crippen molar-refractivity contribution in [2.24, 2.45) is 0 Å². The highest BCUT2D eigenvalue weighted by atomic mass is 32.2. The molecule has 0 aliphatic heterocycles. The maximum Gasteiger partial charge on any atom is 0.322 e. The van der Waals surface area contributed by atoms with Crippen molar-refractivity contribution in [3.8, 4) is 0 Å². The minimum atomic E-state index is -3.77. The molecule has 3 aromatic rings. The van der Waals surface area contributed by atoms with Gasteiger partial charge < -0.3 is 4.74 Å². The van der Waals surface area contributed by atoms with E-state index in [1.807, 2.05) is 60.7 Å². The molecule has 0 radical (unpaired) electrons. The van der Waals surface area contributed by atoms with E-state index in [0.29, 0.717) is 0 Å². The molecule has 0 aliphatic rings. The lowest BCUT2D eigenvalue weighted by Crippen LogP contribution is -2.33. The van der Waals surface area contributed by atoms with E-state index in [9.17, 15) is 13.2 Å². The van der Waals surface area contributed by atoms with Crippen molar-refractivity contribution >= 4 is 16.0 Å². The topological polar surface area (TPSA) is 63.7 Å². The Balaban J connectivity index is 1.77. The van der Waals surface area contributed by atoms with Crippen LogP contribution in [0.2, 0.25) is 0 Å². The molecule has 0 amide bonds. The largest absolute Gasteiger partial charge is 0.452 e. The second-order valence-corrected chi connectivity index (χ2v) is 8.31. The standard InChI is InChI=1S/C22H21NO4S/c1-23(28(25,26)20-15-9-4-10-16-20)17-21(24)27-22(18-11-5-2-6-12-18)19-13-7-3-8-14-19/h2-16,22H,17H2,1H3. The number of nitrogens with zero attached hydrogens (tertiary/aromatic N) is 1. The van der Waals surface area contributed by atoms with Crippen molar-refractivity contribution < 1.29 is 17.9 Å². The average Bonchev–Trinajstić information content (AvgIpc) is 2.74. The maximum absolute atomic E-state index is 12.6. The van der Waals surface area contributed by atoms with Crippen LogP contribution in [0.4, 0.5) is 0 Å². The number of likely N-dealkylation sites (N-methyl/N-ethyl adjacent to an activating group) is 1. The van der Waals surface area contributed by atoms with E-state index in [2.05, 4.69) is 0 Å². The van der Waals surface area contributed by atoms with Gasteiger partial charge in [-0.2, -0.15) is 4.31 Å². The average molecular weight is 395 g/mol. The molecule has 3 rings (SSSR count). The number of hydrogen-bond acceptors (Lipinski definition) is 4. The van der Waals surface area contributed by atoms with Crippen molar-refractivity contribution in [2.75, 3.05) is 13.6 Å². The molecule has 28 heavy (non-hydrogen) atoms.